The lowest BCUT2D eigenvalue weighted by molar-refractivity contribution is -0.121. The van der Waals surface area contributed by atoms with Gasteiger partial charge < -0.3 is 0 Å². The summed E-state index contributed by atoms with van der Waals surface area (Å²) in [6.45, 7) is 3.96. The minimum atomic E-state index is 0.0228. The Morgan fingerprint density at radius 1 is 1.31 bits per heavy atom. The zero-order chi connectivity index (χ0) is 9.94. The third-order valence-electron chi connectivity index (χ3n) is 1.83. The monoisotopic (exact) mass is 184 g/mol. The van der Waals surface area contributed by atoms with E-state index in [2.05, 4.69) is 17.5 Å². The van der Waals surface area contributed by atoms with Crippen LogP contribution in [-0.4, -0.2) is 12.1 Å². The Kier molecular flexibility index (Phi) is 8.62. The fourth-order valence-corrected chi connectivity index (χ4v) is 1.08. The summed E-state index contributed by atoms with van der Waals surface area (Å²) in [4.78, 5) is 11.0. The van der Waals surface area contributed by atoms with E-state index in [9.17, 15) is 4.79 Å². The number of amides is 1. The summed E-state index contributed by atoms with van der Waals surface area (Å²) < 4.78 is 0. The lowest BCUT2D eigenvalue weighted by Gasteiger charge is -1.99. The van der Waals surface area contributed by atoms with Crippen molar-refractivity contribution in [2.75, 3.05) is 0 Å². The van der Waals surface area contributed by atoms with E-state index in [0.29, 0.717) is 6.42 Å². The van der Waals surface area contributed by atoms with Crippen LogP contribution in [0.5, 0.6) is 0 Å². The van der Waals surface area contributed by atoms with Gasteiger partial charge in [-0.2, -0.15) is 5.10 Å². The molecule has 0 bridgehead atoms. The number of nitrogens with one attached hydrogen (secondary N) is 1. The molecule has 0 aromatic rings. The normalized spacial score (nSPS) is 10.6. The zero-order valence-corrected chi connectivity index (χ0v) is 8.68. The zero-order valence-electron chi connectivity index (χ0n) is 8.68. The van der Waals surface area contributed by atoms with Crippen molar-refractivity contribution in [2.24, 2.45) is 5.10 Å². The first-order chi connectivity index (χ1) is 6.31. The van der Waals surface area contributed by atoms with Crippen LogP contribution in [0.25, 0.3) is 0 Å². The van der Waals surface area contributed by atoms with Gasteiger partial charge in [0, 0.05) is 12.6 Å². The van der Waals surface area contributed by atoms with Crippen molar-refractivity contribution in [3.05, 3.63) is 0 Å². The smallest absolute Gasteiger partial charge is 0.240 e. The van der Waals surface area contributed by atoms with Gasteiger partial charge in [0.05, 0.1) is 0 Å². The van der Waals surface area contributed by atoms with E-state index in [1.807, 2.05) is 0 Å². The van der Waals surface area contributed by atoms with E-state index in [0.717, 1.165) is 12.8 Å². The number of unbranched alkanes of at least 4 members (excludes halogenated alkanes) is 4. The molecule has 1 amide bonds. The van der Waals surface area contributed by atoms with Crippen molar-refractivity contribution in [3.63, 3.8) is 0 Å². The average molecular weight is 184 g/mol. The standard InChI is InChI=1S/C10H20N2O/c1-3-5-6-7-8-9-10(13)12-11-4-2/h4H,3,5-9H2,1-2H3,(H,12,13). The fraction of sp³-hybridized carbons (Fsp3) is 0.800. The lowest BCUT2D eigenvalue weighted by Crippen LogP contribution is -2.16. The molecule has 3 heteroatoms. The van der Waals surface area contributed by atoms with Crippen LogP contribution in [0.2, 0.25) is 0 Å². The van der Waals surface area contributed by atoms with Crippen LogP contribution in [0.4, 0.5) is 0 Å². The lowest BCUT2D eigenvalue weighted by atomic mass is 10.1. The van der Waals surface area contributed by atoms with Crippen LogP contribution in [0.15, 0.2) is 5.10 Å². The van der Waals surface area contributed by atoms with Crippen molar-refractivity contribution in [1.29, 1.82) is 0 Å². The third kappa shape index (κ3) is 9.05. The number of hydrogen-bond acceptors (Lipinski definition) is 2. The highest BCUT2D eigenvalue weighted by Crippen LogP contribution is 2.04. The molecule has 0 saturated carbocycles. The van der Waals surface area contributed by atoms with Crippen molar-refractivity contribution in [3.8, 4) is 0 Å². The fourth-order valence-electron chi connectivity index (χ4n) is 1.08. The molecule has 0 unspecified atom stereocenters. The van der Waals surface area contributed by atoms with Gasteiger partial charge in [-0.05, 0) is 13.3 Å². The van der Waals surface area contributed by atoms with Gasteiger partial charge >= 0.3 is 0 Å². The van der Waals surface area contributed by atoms with Crippen LogP contribution in [0.1, 0.15) is 52.4 Å². The molecule has 0 fully saturated rings. The van der Waals surface area contributed by atoms with Crippen molar-refractivity contribution >= 4 is 12.1 Å². The van der Waals surface area contributed by atoms with Crippen LogP contribution >= 0.6 is 0 Å². The van der Waals surface area contributed by atoms with E-state index in [4.69, 9.17) is 0 Å². The Hall–Kier alpha value is -0.860. The van der Waals surface area contributed by atoms with Gasteiger partial charge in [0.2, 0.25) is 5.91 Å². The number of nitrogens with zero attached hydrogens (tertiary/aromatic N) is 1. The molecule has 0 heterocycles. The van der Waals surface area contributed by atoms with Crippen molar-refractivity contribution < 1.29 is 4.79 Å². The van der Waals surface area contributed by atoms with Gasteiger partial charge in [-0.3, -0.25) is 4.79 Å². The summed E-state index contributed by atoms with van der Waals surface area (Å²) in [6.07, 6.45) is 8.06. The maximum Gasteiger partial charge on any atom is 0.240 e. The summed E-state index contributed by atoms with van der Waals surface area (Å²) in [5.74, 6) is 0.0228. The SMILES string of the molecule is CC=NNC(=O)CCCCCCC. The second-order valence-electron chi connectivity index (χ2n) is 3.09. The maximum atomic E-state index is 11.0. The first kappa shape index (κ1) is 12.1. The van der Waals surface area contributed by atoms with Crippen LogP contribution in [-0.2, 0) is 4.79 Å². The number of hydrazone groups is 1. The second kappa shape index (κ2) is 9.23. The number of carbonyl (C=O) groups is 1. The highest BCUT2D eigenvalue weighted by atomic mass is 16.2. The van der Waals surface area contributed by atoms with Crippen LogP contribution in [0, 0.1) is 0 Å². The Bertz CT molecular complexity index is 155. The molecule has 0 saturated heterocycles. The van der Waals surface area contributed by atoms with Crippen LogP contribution < -0.4 is 5.43 Å². The Morgan fingerprint density at radius 2 is 2.00 bits per heavy atom. The van der Waals surface area contributed by atoms with Crippen LogP contribution in [0.3, 0.4) is 0 Å². The van der Waals surface area contributed by atoms with Gasteiger partial charge in [-0.1, -0.05) is 32.6 Å². The molecule has 0 radical (unpaired) electrons. The summed E-state index contributed by atoms with van der Waals surface area (Å²) in [6, 6.07) is 0. The first-order valence-electron chi connectivity index (χ1n) is 5.07. The molecule has 1 N–H and O–H groups in total. The summed E-state index contributed by atoms with van der Waals surface area (Å²) in [5.41, 5.74) is 2.45. The molecule has 0 spiro atoms. The van der Waals surface area contributed by atoms with Gasteiger partial charge in [-0.25, -0.2) is 5.43 Å². The predicted molar refractivity (Wildman–Crippen MR) is 55.7 cm³/mol. The Morgan fingerprint density at radius 3 is 2.62 bits per heavy atom. The molecule has 0 aliphatic carbocycles. The van der Waals surface area contributed by atoms with Gasteiger partial charge in [0.1, 0.15) is 0 Å². The molecule has 0 aliphatic rings. The Labute approximate surface area is 80.6 Å². The molecule has 0 aromatic carbocycles. The molecule has 3 nitrogen and oxygen atoms in total. The number of hydrogen-bond donors (Lipinski definition) is 1. The quantitative estimate of drug-likeness (QED) is 0.368. The van der Waals surface area contributed by atoms with E-state index in [1.165, 1.54) is 19.3 Å². The molecule has 13 heavy (non-hydrogen) atoms. The average Bonchev–Trinajstić information content (AvgIpc) is 2.14. The van der Waals surface area contributed by atoms with E-state index in [-0.39, 0.29) is 5.91 Å². The summed E-state index contributed by atoms with van der Waals surface area (Å²) >= 11 is 0. The van der Waals surface area contributed by atoms with E-state index in [1.54, 1.807) is 13.1 Å². The van der Waals surface area contributed by atoms with E-state index < -0.39 is 0 Å². The van der Waals surface area contributed by atoms with Gasteiger partial charge in [0.15, 0.2) is 0 Å². The molecule has 0 atom stereocenters. The summed E-state index contributed by atoms with van der Waals surface area (Å²) in [5, 5.41) is 3.66. The molecular formula is C10H20N2O. The largest absolute Gasteiger partial charge is 0.273 e. The number of rotatable bonds is 7. The molecule has 0 aromatic heterocycles. The predicted octanol–water partition coefficient (Wildman–Crippen LogP) is 2.47. The minimum absolute atomic E-state index is 0.0228. The topological polar surface area (TPSA) is 41.5 Å². The highest BCUT2D eigenvalue weighted by molar-refractivity contribution is 5.76. The maximum absolute atomic E-state index is 11.0. The van der Waals surface area contributed by atoms with Crippen molar-refractivity contribution in [2.45, 2.75) is 52.4 Å². The van der Waals surface area contributed by atoms with Gasteiger partial charge in [0.25, 0.3) is 0 Å². The molecule has 0 aliphatic heterocycles. The minimum Gasteiger partial charge on any atom is -0.273 e. The molecule has 76 valence electrons. The highest BCUT2D eigenvalue weighted by Gasteiger charge is 1.97. The van der Waals surface area contributed by atoms with E-state index >= 15 is 0 Å². The van der Waals surface area contributed by atoms with Gasteiger partial charge in [-0.15, -0.1) is 0 Å². The Balaban J connectivity index is 3.17. The molecular weight excluding hydrogens is 164 g/mol. The number of carbonyl (C=O) groups excluding carboxylic acids is 1. The second-order valence-corrected chi connectivity index (χ2v) is 3.09. The first-order valence-corrected chi connectivity index (χ1v) is 5.07. The summed E-state index contributed by atoms with van der Waals surface area (Å²) in [7, 11) is 0. The van der Waals surface area contributed by atoms with Crippen molar-refractivity contribution in [1.82, 2.24) is 5.43 Å². The molecule has 0 rings (SSSR count). The third-order valence-corrected chi connectivity index (χ3v) is 1.83.